The van der Waals surface area contributed by atoms with Gasteiger partial charge >= 0.3 is 0 Å². The molecule has 2 atom stereocenters. The SMILES string of the molecule is CC1CCN(c2ncc(Cl)cc2Cl)CC1Cl. The van der Waals surface area contributed by atoms with Gasteiger partial charge in [-0.05, 0) is 18.4 Å². The van der Waals surface area contributed by atoms with Crippen molar-refractivity contribution >= 4 is 40.6 Å². The maximum Gasteiger partial charge on any atom is 0.147 e. The van der Waals surface area contributed by atoms with Gasteiger partial charge in [0.05, 0.1) is 15.4 Å². The standard InChI is InChI=1S/C11H13Cl3N2/c1-7-2-3-16(6-10(7)14)11-9(13)4-8(12)5-15-11/h4-5,7,10H,2-3,6H2,1H3. The monoisotopic (exact) mass is 278 g/mol. The van der Waals surface area contributed by atoms with E-state index in [4.69, 9.17) is 34.8 Å². The van der Waals surface area contributed by atoms with Gasteiger partial charge in [0, 0.05) is 19.3 Å². The first-order chi connectivity index (χ1) is 7.58. The van der Waals surface area contributed by atoms with Crippen LogP contribution in [0.1, 0.15) is 13.3 Å². The topological polar surface area (TPSA) is 16.1 Å². The van der Waals surface area contributed by atoms with E-state index >= 15 is 0 Å². The highest BCUT2D eigenvalue weighted by molar-refractivity contribution is 6.36. The summed E-state index contributed by atoms with van der Waals surface area (Å²) < 4.78 is 0. The Kier molecular flexibility index (Phi) is 3.83. The zero-order chi connectivity index (χ0) is 11.7. The Hall–Kier alpha value is -0.180. The summed E-state index contributed by atoms with van der Waals surface area (Å²) in [6.45, 7) is 3.90. The summed E-state index contributed by atoms with van der Waals surface area (Å²) in [6, 6.07) is 1.71. The fourth-order valence-corrected chi connectivity index (χ4v) is 2.65. The molecule has 1 aromatic heterocycles. The highest BCUT2D eigenvalue weighted by Gasteiger charge is 2.26. The van der Waals surface area contributed by atoms with Crippen molar-refractivity contribution in [2.24, 2.45) is 5.92 Å². The molecule has 16 heavy (non-hydrogen) atoms. The van der Waals surface area contributed by atoms with Crippen LogP contribution in [0.3, 0.4) is 0 Å². The summed E-state index contributed by atoms with van der Waals surface area (Å²) >= 11 is 18.2. The minimum atomic E-state index is 0.155. The smallest absolute Gasteiger partial charge is 0.147 e. The van der Waals surface area contributed by atoms with Crippen molar-refractivity contribution in [1.82, 2.24) is 4.98 Å². The van der Waals surface area contributed by atoms with Crippen molar-refractivity contribution in [1.29, 1.82) is 0 Å². The van der Waals surface area contributed by atoms with Crippen molar-refractivity contribution in [2.75, 3.05) is 18.0 Å². The van der Waals surface area contributed by atoms with E-state index in [0.29, 0.717) is 16.0 Å². The predicted octanol–water partition coefficient (Wildman–Crippen LogP) is 3.84. The first-order valence-electron chi connectivity index (χ1n) is 5.28. The summed E-state index contributed by atoms with van der Waals surface area (Å²) in [7, 11) is 0. The molecule has 2 rings (SSSR count). The molecule has 1 aliphatic rings. The Labute approximate surface area is 111 Å². The van der Waals surface area contributed by atoms with Gasteiger partial charge in [-0.25, -0.2) is 4.98 Å². The summed E-state index contributed by atoms with van der Waals surface area (Å²) in [5.74, 6) is 1.33. The number of hydrogen-bond acceptors (Lipinski definition) is 2. The Morgan fingerprint density at radius 2 is 2.19 bits per heavy atom. The van der Waals surface area contributed by atoms with Crippen LogP contribution in [-0.4, -0.2) is 23.5 Å². The van der Waals surface area contributed by atoms with Crippen molar-refractivity contribution < 1.29 is 0 Å². The maximum absolute atomic E-state index is 6.26. The van der Waals surface area contributed by atoms with Crippen LogP contribution in [0.5, 0.6) is 0 Å². The molecule has 0 N–H and O–H groups in total. The molecule has 0 spiro atoms. The van der Waals surface area contributed by atoms with Gasteiger partial charge in [-0.3, -0.25) is 0 Å². The van der Waals surface area contributed by atoms with E-state index in [0.717, 1.165) is 25.3 Å². The molecule has 88 valence electrons. The summed E-state index contributed by atoms with van der Waals surface area (Å²) in [6.07, 6.45) is 2.68. The van der Waals surface area contributed by atoms with Crippen molar-refractivity contribution in [3.63, 3.8) is 0 Å². The summed E-state index contributed by atoms with van der Waals surface area (Å²) in [5, 5.41) is 1.30. The first-order valence-corrected chi connectivity index (χ1v) is 6.47. The second kappa shape index (κ2) is 4.99. The van der Waals surface area contributed by atoms with Gasteiger partial charge in [0.25, 0.3) is 0 Å². The van der Waals surface area contributed by atoms with Gasteiger partial charge < -0.3 is 4.90 Å². The third-order valence-electron chi connectivity index (χ3n) is 2.95. The van der Waals surface area contributed by atoms with Crippen molar-refractivity contribution in [3.05, 3.63) is 22.3 Å². The highest BCUT2D eigenvalue weighted by atomic mass is 35.5. The normalized spacial score (nSPS) is 25.9. The van der Waals surface area contributed by atoms with E-state index in [1.54, 1.807) is 12.3 Å². The fraction of sp³-hybridized carbons (Fsp3) is 0.545. The van der Waals surface area contributed by atoms with Crippen molar-refractivity contribution in [3.8, 4) is 0 Å². The molecule has 0 saturated carbocycles. The quantitative estimate of drug-likeness (QED) is 0.726. The second-order valence-corrected chi connectivity index (χ2v) is 5.59. The lowest BCUT2D eigenvalue weighted by molar-refractivity contribution is 0.444. The van der Waals surface area contributed by atoms with Crippen LogP contribution in [0.25, 0.3) is 0 Å². The van der Waals surface area contributed by atoms with E-state index < -0.39 is 0 Å². The van der Waals surface area contributed by atoms with Gasteiger partial charge in [0.15, 0.2) is 0 Å². The minimum absolute atomic E-state index is 0.155. The number of alkyl halides is 1. The Balaban J connectivity index is 2.18. The molecule has 2 unspecified atom stereocenters. The molecule has 2 heterocycles. The second-order valence-electron chi connectivity index (χ2n) is 4.19. The Morgan fingerprint density at radius 3 is 2.81 bits per heavy atom. The Bertz CT molecular complexity index is 383. The van der Waals surface area contributed by atoms with Crippen LogP contribution >= 0.6 is 34.8 Å². The van der Waals surface area contributed by atoms with E-state index in [1.807, 2.05) is 0 Å². The molecule has 0 amide bonds. The molecular weight excluding hydrogens is 266 g/mol. The minimum Gasteiger partial charge on any atom is -0.354 e. The lowest BCUT2D eigenvalue weighted by Crippen LogP contribution is -2.40. The lowest BCUT2D eigenvalue weighted by Gasteiger charge is -2.35. The average Bonchev–Trinajstić information content (AvgIpc) is 2.22. The number of hydrogen-bond donors (Lipinski definition) is 0. The molecule has 0 radical (unpaired) electrons. The highest BCUT2D eigenvalue weighted by Crippen LogP contribution is 2.30. The maximum atomic E-state index is 6.26. The Morgan fingerprint density at radius 1 is 1.44 bits per heavy atom. The number of pyridine rings is 1. The van der Waals surface area contributed by atoms with Crippen LogP contribution in [0.15, 0.2) is 12.3 Å². The number of piperidine rings is 1. The van der Waals surface area contributed by atoms with Crippen molar-refractivity contribution in [2.45, 2.75) is 18.7 Å². The molecule has 0 bridgehead atoms. The number of aromatic nitrogens is 1. The first kappa shape index (κ1) is 12.3. The lowest BCUT2D eigenvalue weighted by atomic mass is 9.99. The molecule has 1 aromatic rings. The van der Waals surface area contributed by atoms with Gasteiger partial charge in [-0.1, -0.05) is 30.1 Å². The van der Waals surface area contributed by atoms with Crippen LogP contribution in [0.4, 0.5) is 5.82 Å². The number of rotatable bonds is 1. The molecule has 1 saturated heterocycles. The zero-order valence-electron chi connectivity index (χ0n) is 8.96. The molecule has 5 heteroatoms. The van der Waals surface area contributed by atoms with Crippen LogP contribution < -0.4 is 4.90 Å². The molecule has 0 aromatic carbocycles. The molecular formula is C11H13Cl3N2. The third-order valence-corrected chi connectivity index (χ3v) is 4.01. The van der Waals surface area contributed by atoms with Crippen LogP contribution in [0, 0.1) is 5.92 Å². The largest absolute Gasteiger partial charge is 0.354 e. The molecule has 2 nitrogen and oxygen atoms in total. The third kappa shape index (κ3) is 2.55. The number of anilines is 1. The van der Waals surface area contributed by atoms with Crippen LogP contribution in [0.2, 0.25) is 10.0 Å². The molecule has 1 fully saturated rings. The average molecular weight is 280 g/mol. The number of nitrogens with zero attached hydrogens (tertiary/aromatic N) is 2. The van der Waals surface area contributed by atoms with Gasteiger partial charge in [0.1, 0.15) is 5.82 Å². The van der Waals surface area contributed by atoms with Gasteiger partial charge in [-0.2, -0.15) is 0 Å². The number of halogens is 3. The van der Waals surface area contributed by atoms with E-state index in [-0.39, 0.29) is 5.38 Å². The zero-order valence-corrected chi connectivity index (χ0v) is 11.2. The molecule has 1 aliphatic heterocycles. The summed E-state index contributed by atoms with van der Waals surface area (Å²) in [4.78, 5) is 6.39. The van der Waals surface area contributed by atoms with E-state index in [2.05, 4.69) is 16.8 Å². The van der Waals surface area contributed by atoms with E-state index in [9.17, 15) is 0 Å². The van der Waals surface area contributed by atoms with Gasteiger partial charge in [0.2, 0.25) is 0 Å². The molecule has 0 aliphatic carbocycles. The summed E-state index contributed by atoms with van der Waals surface area (Å²) in [5.41, 5.74) is 0. The van der Waals surface area contributed by atoms with E-state index in [1.165, 1.54) is 0 Å². The predicted molar refractivity (Wildman–Crippen MR) is 69.9 cm³/mol. The fourth-order valence-electron chi connectivity index (χ4n) is 1.85. The van der Waals surface area contributed by atoms with Gasteiger partial charge in [-0.15, -0.1) is 11.6 Å². The van der Waals surface area contributed by atoms with Crippen LogP contribution in [-0.2, 0) is 0 Å².